The molecule has 2 rings (SSSR count). The van der Waals surface area contributed by atoms with Gasteiger partial charge in [0.25, 0.3) is 10.2 Å². The lowest BCUT2D eigenvalue weighted by Gasteiger charge is -2.38. The van der Waals surface area contributed by atoms with E-state index in [0.29, 0.717) is 45.9 Å². The third-order valence-corrected chi connectivity index (χ3v) is 5.38. The molecule has 1 atom stereocenters. The van der Waals surface area contributed by atoms with Crippen molar-refractivity contribution in [1.82, 2.24) is 19.2 Å². The molecule has 0 spiro atoms. The Bertz CT molecular complexity index is 421. The van der Waals surface area contributed by atoms with Gasteiger partial charge in [-0.3, -0.25) is 4.79 Å². The van der Waals surface area contributed by atoms with Crippen molar-refractivity contribution < 1.29 is 17.9 Å². The second kappa shape index (κ2) is 6.14. The Balaban J connectivity index is 2.18. The van der Waals surface area contributed by atoms with Crippen molar-refractivity contribution in [3.63, 3.8) is 0 Å². The average Bonchev–Trinajstić information content (AvgIpc) is 2.47. The van der Waals surface area contributed by atoms with Crippen LogP contribution in [0.25, 0.3) is 0 Å². The van der Waals surface area contributed by atoms with Crippen molar-refractivity contribution in [1.29, 1.82) is 0 Å². The first-order chi connectivity index (χ1) is 9.07. The van der Waals surface area contributed by atoms with Crippen LogP contribution in [0.15, 0.2) is 0 Å². The van der Waals surface area contributed by atoms with Crippen LogP contribution in [0.2, 0.25) is 0 Å². The molecule has 1 unspecified atom stereocenters. The van der Waals surface area contributed by atoms with E-state index >= 15 is 0 Å². The summed E-state index contributed by atoms with van der Waals surface area (Å²) in [6, 6.07) is -0.688. The highest BCUT2D eigenvalue weighted by Gasteiger charge is 2.40. The Morgan fingerprint density at radius 3 is 2.63 bits per heavy atom. The molecular weight excluding hydrogens is 272 g/mol. The molecule has 2 saturated heterocycles. The summed E-state index contributed by atoms with van der Waals surface area (Å²) in [5.74, 6) is -0.288. The van der Waals surface area contributed by atoms with E-state index in [-0.39, 0.29) is 5.91 Å². The molecule has 1 amide bonds. The minimum atomic E-state index is -3.60. The Hall–Kier alpha value is -0.740. The molecule has 0 aromatic heterocycles. The first kappa shape index (κ1) is 14.7. The standard InChI is InChI=1S/C10H20N4O4S/c1-11-10(15)9-8-12-2-3-14(9)19(16,17)13-4-6-18-7-5-13/h9,12H,2-8H2,1H3,(H,11,15). The normalized spacial score (nSPS) is 27.1. The second-order valence-electron chi connectivity index (χ2n) is 4.46. The molecule has 0 aromatic rings. The first-order valence-corrected chi connectivity index (χ1v) is 7.74. The number of hydrogen-bond donors (Lipinski definition) is 2. The van der Waals surface area contributed by atoms with Crippen LogP contribution in [0.1, 0.15) is 0 Å². The van der Waals surface area contributed by atoms with E-state index in [1.807, 2.05) is 0 Å². The van der Waals surface area contributed by atoms with Gasteiger partial charge in [0, 0.05) is 39.8 Å². The molecule has 2 fully saturated rings. The van der Waals surface area contributed by atoms with Gasteiger partial charge in [0.2, 0.25) is 5.91 Å². The fourth-order valence-corrected chi connectivity index (χ4v) is 4.00. The van der Waals surface area contributed by atoms with Crippen molar-refractivity contribution in [2.24, 2.45) is 0 Å². The van der Waals surface area contributed by atoms with Crippen molar-refractivity contribution >= 4 is 16.1 Å². The number of likely N-dealkylation sites (N-methyl/N-ethyl adjacent to an activating group) is 1. The minimum absolute atomic E-state index is 0.288. The maximum Gasteiger partial charge on any atom is 0.282 e. The first-order valence-electron chi connectivity index (χ1n) is 6.34. The van der Waals surface area contributed by atoms with Crippen LogP contribution < -0.4 is 10.6 Å². The molecular formula is C10H20N4O4S. The Kier molecular flexibility index (Phi) is 4.74. The SMILES string of the molecule is CNC(=O)C1CNCCN1S(=O)(=O)N1CCOCC1. The van der Waals surface area contributed by atoms with Crippen molar-refractivity contribution in [3.05, 3.63) is 0 Å². The topological polar surface area (TPSA) is 91.0 Å². The molecule has 0 bridgehead atoms. The third-order valence-electron chi connectivity index (χ3n) is 3.34. The van der Waals surface area contributed by atoms with Crippen LogP contribution in [0.5, 0.6) is 0 Å². The fraction of sp³-hybridized carbons (Fsp3) is 0.900. The molecule has 0 aromatic carbocycles. The van der Waals surface area contributed by atoms with Crippen LogP contribution in [-0.2, 0) is 19.7 Å². The summed E-state index contributed by atoms with van der Waals surface area (Å²) in [5, 5.41) is 5.56. The van der Waals surface area contributed by atoms with Crippen LogP contribution >= 0.6 is 0 Å². The van der Waals surface area contributed by atoms with E-state index in [0.717, 1.165) is 0 Å². The Morgan fingerprint density at radius 2 is 2.00 bits per heavy atom. The van der Waals surface area contributed by atoms with E-state index in [1.165, 1.54) is 15.7 Å². The Labute approximate surface area is 113 Å². The maximum absolute atomic E-state index is 12.6. The summed E-state index contributed by atoms with van der Waals surface area (Å²) in [6.45, 7) is 2.67. The van der Waals surface area contributed by atoms with Crippen molar-refractivity contribution in [3.8, 4) is 0 Å². The summed E-state index contributed by atoms with van der Waals surface area (Å²) in [7, 11) is -2.09. The smallest absolute Gasteiger partial charge is 0.282 e. The summed E-state index contributed by atoms with van der Waals surface area (Å²) in [6.07, 6.45) is 0. The molecule has 110 valence electrons. The van der Waals surface area contributed by atoms with Gasteiger partial charge in [-0.2, -0.15) is 17.0 Å². The lowest BCUT2D eigenvalue weighted by Crippen LogP contribution is -2.62. The summed E-state index contributed by atoms with van der Waals surface area (Å²) in [5.41, 5.74) is 0. The highest BCUT2D eigenvalue weighted by Crippen LogP contribution is 2.16. The highest BCUT2D eigenvalue weighted by molar-refractivity contribution is 7.86. The van der Waals surface area contributed by atoms with Gasteiger partial charge in [0.1, 0.15) is 6.04 Å². The predicted molar refractivity (Wildman–Crippen MR) is 68.7 cm³/mol. The fourth-order valence-electron chi connectivity index (χ4n) is 2.28. The van der Waals surface area contributed by atoms with E-state index in [2.05, 4.69) is 10.6 Å². The maximum atomic E-state index is 12.6. The molecule has 8 nitrogen and oxygen atoms in total. The van der Waals surface area contributed by atoms with Crippen LogP contribution in [0.3, 0.4) is 0 Å². The third kappa shape index (κ3) is 3.06. The zero-order valence-electron chi connectivity index (χ0n) is 11.0. The number of nitrogens with zero attached hydrogens (tertiary/aromatic N) is 2. The Morgan fingerprint density at radius 1 is 1.32 bits per heavy atom. The largest absolute Gasteiger partial charge is 0.379 e. The molecule has 2 N–H and O–H groups in total. The zero-order valence-corrected chi connectivity index (χ0v) is 11.8. The average molecular weight is 292 g/mol. The van der Waals surface area contributed by atoms with Gasteiger partial charge >= 0.3 is 0 Å². The molecule has 0 saturated carbocycles. The predicted octanol–water partition coefficient (Wildman–Crippen LogP) is -2.42. The van der Waals surface area contributed by atoms with E-state index < -0.39 is 16.3 Å². The highest BCUT2D eigenvalue weighted by atomic mass is 32.2. The molecule has 0 radical (unpaired) electrons. The van der Waals surface area contributed by atoms with Crippen molar-refractivity contribution in [2.75, 3.05) is 53.0 Å². The monoisotopic (exact) mass is 292 g/mol. The number of nitrogens with one attached hydrogen (secondary N) is 2. The second-order valence-corrected chi connectivity index (χ2v) is 6.35. The number of rotatable bonds is 3. The van der Waals surface area contributed by atoms with Gasteiger partial charge in [-0.05, 0) is 0 Å². The molecule has 2 aliphatic rings. The van der Waals surface area contributed by atoms with Gasteiger partial charge in [-0.15, -0.1) is 0 Å². The van der Waals surface area contributed by atoms with Crippen LogP contribution in [-0.4, -0.2) is 82.0 Å². The number of piperazine rings is 1. The van der Waals surface area contributed by atoms with E-state index in [1.54, 1.807) is 0 Å². The van der Waals surface area contributed by atoms with Gasteiger partial charge in [-0.25, -0.2) is 0 Å². The van der Waals surface area contributed by atoms with E-state index in [9.17, 15) is 13.2 Å². The quantitative estimate of drug-likeness (QED) is 0.604. The van der Waals surface area contributed by atoms with Gasteiger partial charge in [0.15, 0.2) is 0 Å². The number of hydrogen-bond acceptors (Lipinski definition) is 5. The van der Waals surface area contributed by atoms with Crippen LogP contribution in [0, 0.1) is 0 Å². The van der Waals surface area contributed by atoms with Gasteiger partial charge in [0.05, 0.1) is 13.2 Å². The minimum Gasteiger partial charge on any atom is -0.379 e. The molecule has 9 heteroatoms. The molecule has 2 heterocycles. The van der Waals surface area contributed by atoms with Gasteiger partial charge in [-0.1, -0.05) is 0 Å². The molecule has 19 heavy (non-hydrogen) atoms. The summed E-state index contributed by atoms with van der Waals surface area (Å²) < 4.78 is 33.0. The number of carbonyl (C=O) groups is 1. The molecule has 2 aliphatic heterocycles. The number of morpholine rings is 1. The summed E-state index contributed by atoms with van der Waals surface area (Å²) in [4.78, 5) is 11.8. The van der Waals surface area contributed by atoms with Crippen LogP contribution in [0.4, 0.5) is 0 Å². The lowest BCUT2D eigenvalue weighted by molar-refractivity contribution is -0.124. The van der Waals surface area contributed by atoms with Crippen molar-refractivity contribution in [2.45, 2.75) is 6.04 Å². The van der Waals surface area contributed by atoms with E-state index in [4.69, 9.17) is 4.74 Å². The number of carbonyl (C=O) groups excluding carboxylic acids is 1. The number of amides is 1. The number of ether oxygens (including phenoxy) is 1. The van der Waals surface area contributed by atoms with Gasteiger partial charge < -0.3 is 15.4 Å². The molecule has 0 aliphatic carbocycles. The zero-order chi connectivity index (χ0) is 13.9. The lowest BCUT2D eigenvalue weighted by atomic mass is 10.2. The summed E-state index contributed by atoms with van der Waals surface area (Å²) >= 11 is 0.